The van der Waals surface area contributed by atoms with Crippen LogP contribution in [0.15, 0.2) is 18.2 Å². The van der Waals surface area contributed by atoms with Crippen molar-refractivity contribution < 1.29 is 5.11 Å². The lowest BCUT2D eigenvalue weighted by atomic mass is 10.1. The molecule has 0 aliphatic heterocycles. The molecule has 0 aromatic heterocycles. The average Bonchev–Trinajstić information content (AvgIpc) is 2.16. The Morgan fingerprint density at radius 3 is 2.77 bits per heavy atom. The van der Waals surface area contributed by atoms with E-state index in [1.807, 2.05) is 25.2 Å². The van der Waals surface area contributed by atoms with Crippen LogP contribution < -0.4 is 5.32 Å². The predicted octanol–water partition coefficient (Wildman–Crippen LogP) is 1.59. The minimum Gasteiger partial charge on any atom is -0.392 e. The molecule has 0 fully saturated rings. The van der Waals surface area contributed by atoms with Gasteiger partial charge in [0.15, 0.2) is 0 Å². The Kier molecular flexibility index (Phi) is 4.22. The van der Waals surface area contributed by atoms with Crippen LogP contribution in [-0.4, -0.2) is 18.7 Å². The Labute approximate surface area is 83.5 Å². The fraction of sp³-hybridized carbons (Fsp3) is 0.400. The first-order valence-corrected chi connectivity index (χ1v) is 4.68. The molecule has 1 rings (SSSR count). The van der Waals surface area contributed by atoms with Crippen molar-refractivity contribution in [3.63, 3.8) is 0 Å². The van der Waals surface area contributed by atoms with E-state index in [2.05, 4.69) is 5.32 Å². The van der Waals surface area contributed by atoms with E-state index in [1.165, 1.54) is 0 Å². The first-order chi connectivity index (χ1) is 6.27. The molecule has 1 aromatic carbocycles. The van der Waals surface area contributed by atoms with E-state index in [9.17, 15) is 0 Å². The summed E-state index contributed by atoms with van der Waals surface area (Å²) in [7, 11) is 1.91. The summed E-state index contributed by atoms with van der Waals surface area (Å²) >= 11 is 6.01. The lowest BCUT2D eigenvalue weighted by Gasteiger charge is -2.05. The van der Waals surface area contributed by atoms with Crippen LogP contribution in [0.4, 0.5) is 0 Å². The second-order valence-corrected chi connectivity index (χ2v) is 3.34. The molecule has 0 amide bonds. The maximum Gasteiger partial charge on any atom is 0.0682 e. The van der Waals surface area contributed by atoms with Crippen LogP contribution in [-0.2, 0) is 13.0 Å². The summed E-state index contributed by atoms with van der Waals surface area (Å²) < 4.78 is 0. The Morgan fingerprint density at radius 1 is 1.46 bits per heavy atom. The molecule has 0 spiro atoms. The zero-order valence-corrected chi connectivity index (χ0v) is 8.43. The van der Waals surface area contributed by atoms with Crippen molar-refractivity contribution >= 4 is 11.6 Å². The molecule has 2 N–H and O–H groups in total. The summed E-state index contributed by atoms with van der Waals surface area (Å²) in [5.41, 5.74) is 1.98. The predicted molar refractivity (Wildman–Crippen MR) is 55.0 cm³/mol. The van der Waals surface area contributed by atoms with E-state index < -0.39 is 0 Å². The normalized spacial score (nSPS) is 10.4. The van der Waals surface area contributed by atoms with Crippen LogP contribution in [0.1, 0.15) is 11.1 Å². The van der Waals surface area contributed by atoms with Crippen LogP contribution in [0.3, 0.4) is 0 Å². The molecule has 13 heavy (non-hydrogen) atoms. The average molecular weight is 200 g/mol. The van der Waals surface area contributed by atoms with E-state index in [1.54, 1.807) is 0 Å². The Hall–Kier alpha value is -0.570. The van der Waals surface area contributed by atoms with Crippen molar-refractivity contribution in [1.82, 2.24) is 5.32 Å². The maximum atomic E-state index is 8.86. The number of hydrogen-bond acceptors (Lipinski definition) is 2. The van der Waals surface area contributed by atoms with Crippen molar-refractivity contribution in [1.29, 1.82) is 0 Å². The third kappa shape index (κ3) is 2.99. The third-order valence-electron chi connectivity index (χ3n) is 1.94. The molecule has 0 aliphatic carbocycles. The second-order valence-electron chi connectivity index (χ2n) is 2.94. The number of halogens is 1. The van der Waals surface area contributed by atoms with Crippen molar-refractivity contribution in [2.75, 3.05) is 13.6 Å². The highest BCUT2D eigenvalue weighted by Crippen LogP contribution is 2.18. The van der Waals surface area contributed by atoms with Gasteiger partial charge in [-0.1, -0.05) is 23.7 Å². The van der Waals surface area contributed by atoms with E-state index >= 15 is 0 Å². The number of rotatable bonds is 4. The zero-order chi connectivity index (χ0) is 9.68. The Bertz CT molecular complexity index is 276. The molecule has 1 aromatic rings. The molecule has 0 saturated heterocycles. The number of aliphatic hydroxyl groups excluding tert-OH is 1. The fourth-order valence-electron chi connectivity index (χ4n) is 1.15. The molecule has 0 bridgehead atoms. The van der Waals surface area contributed by atoms with Crippen LogP contribution >= 0.6 is 11.6 Å². The van der Waals surface area contributed by atoms with Crippen molar-refractivity contribution in [3.05, 3.63) is 34.3 Å². The maximum absolute atomic E-state index is 8.86. The van der Waals surface area contributed by atoms with Crippen molar-refractivity contribution in [2.24, 2.45) is 0 Å². The number of benzene rings is 1. The molecule has 2 nitrogen and oxygen atoms in total. The smallest absolute Gasteiger partial charge is 0.0682 e. The summed E-state index contributed by atoms with van der Waals surface area (Å²) in [6.07, 6.45) is 0.918. The van der Waals surface area contributed by atoms with Gasteiger partial charge in [0, 0.05) is 5.02 Å². The molecule has 0 saturated carbocycles. The first-order valence-electron chi connectivity index (χ1n) is 4.30. The highest BCUT2D eigenvalue weighted by molar-refractivity contribution is 6.31. The standard InChI is InChI=1S/C10H14ClNO/c1-12-5-4-9-3-2-8(7-13)6-10(9)11/h2-3,6,12-13H,4-5,7H2,1H3. The molecule has 0 unspecified atom stereocenters. The van der Waals surface area contributed by atoms with Gasteiger partial charge in [0.2, 0.25) is 0 Å². The first kappa shape index (κ1) is 10.5. The quantitative estimate of drug-likeness (QED) is 0.772. The van der Waals surface area contributed by atoms with Gasteiger partial charge in [-0.25, -0.2) is 0 Å². The van der Waals surface area contributed by atoms with Gasteiger partial charge < -0.3 is 10.4 Å². The van der Waals surface area contributed by atoms with Gasteiger partial charge in [-0.15, -0.1) is 0 Å². The zero-order valence-electron chi connectivity index (χ0n) is 7.68. The summed E-state index contributed by atoms with van der Waals surface area (Å²) in [5.74, 6) is 0. The van der Waals surface area contributed by atoms with Gasteiger partial charge in [0.1, 0.15) is 0 Å². The van der Waals surface area contributed by atoms with Gasteiger partial charge in [0.25, 0.3) is 0 Å². The van der Waals surface area contributed by atoms with Crippen LogP contribution in [0.25, 0.3) is 0 Å². The molecule has 0 radical (unpaired) electrons. The highest BCUT2D eigenvalue weighted by Gasteiger charge is 2.00. The number of aliphatic hydroxyl groups is 1. The number of likely N-dealkylation sites (N-methyl/N-ethyl adjacent to an activating group) is 1. The molecule has 0 atom stereocenters. The molecule has 0 heterocycles. The second kappa shape index (κ2) is 5.22. The lowest BCUT2D eigenvalue weighted by Crippen LogP contribution is -2.10. The van der Waals surface area contributed by atoms with Gasteiger partial charge in [-0.3, -0.25) is 0 Å². The topological polar surface area (TPSA) is 32.3 Å². The largest absolute Gasteiger partial charge is 0.392 e. The SMILES string of the molecule is CNCCc1ccc(CO)cc1Cl. The third-order valence-corrected chi connectivity index (χ3v) is 2.30. The van der Waals surface area contributed by atoms with E-state index in [-0.39, 0.29) is 6.61 Å². The molecule has 3 heteroatoms. The molecule has 0 aliphatic rings. The van der Waals surface area contributed by atoms with Crippen molar-refractivity contribution in [3.8, 4) is 0 Å². The van der Waals surface area contributed by atoms with Gasteiger partial charge >= 0.3 is 0 Å². The summed E-state index contributed by atoms with van der Waals surface area (Å²) in [5, 5.41) is 12.7. The Balaban J connectivity index is 2.73. The summed E-state index contributed by atoms with van der Waals surface area (Å²) in [4.78, 5) is 0. The van der Waals surface area contributed by atoms with Crippen molar-refractivity contribution in [2.45, 2.75) is 13.0 Å². The van der Waals surface area contributed by atoms with Crippen LogP contribution in [0.5, 0.6) is 0 Å². The Morgan fingerprint density at radius 2 is 2.23 bits per heavy atom. The van der Waals surface area contributed by atoms with Gasteiger partial charge in [0.05, 0.1) is 6.61 Å². The monoisotopic (exact) mass is 199 g/mol. The van der Waals surface area contributed by atoms with E-state index in [0.717, 1.165) is 29.1 Å². The number of nitrogens with one attached hydrogen (secondary N) is 1. The van der Waals surface area contributed by atoms with Crippen LogP contribution in [0.2, 0.25) is 5.02 Å². The number of hydrogen-bond donors (Lipinski definition) is 2. The van der Waals surface area contributed by atoms with E-state index in [4.69, 9.17) is 16.7 Å². The van der Waals surface area contributed by atoms with Crippen LogP contribution in [0, 0.1) is 0 Å². The minimum atomic E-state index is 0.0476. The van der Waals surface area contributed by atoms with E-state index in [0.29, 0.717) is 0 Å². The summed E-state index contributed by atoms with van der Waals surface area (Å²) in [6.45, 7) is 0.963. The van der Waals surface area contributed by atoms with Gasteiger partial charge in [-0.2, -0.15) is 0 Å². The molecular weight excluding hydrogens is 186 g/mol. The van der Waals surface area contributed by atoms with Gasteiger partial charge in [-0.05, 0) is 37.2 Å². The fourth-order valence-corrected chi connectivity index (χ4v) is 1.45. The lowest BCUT2D eigenvalue weighted by molar-refractivity contribution is 0.282. The molecule has 72 valence electrons. The summed E-state index contributed by atoms with van der Waals surface area (Å²) in [6, 6.07) is 5.68. The minimum absolute atomic E-state index is 0.0476. The molecular formula is C10H14ClNO. The highest BCUT2D eigenvalue weighted by atomic mass is 35.5.